The number of fused-ring (bicyclic) bond motifs is 3. The Hall–Kier alpha value is -3.68. The van der Waals surface area contributed by atoms with Crippen LogP contribution in [0.1, 0.15) is 10.4 Å². The van der Waals surface area contributed by atoms with Gasteiger partial charge in [-0.3, -0.25) is 9.59 Å². The second-order valence-electron chi connectivity index (χ2n) is 7.33. The number of benzene rings is 2. The molecule has 2 aromatic heterocycles. The SMILES string of the molecule is O=C(c1cc2[nH]c(=O)c3ccccc3n2c1)N1CCN(c2ccc(F)cc2F)CC1. The summed E-state index contributed by atoms with van der Waals surface area (Å²) in [5.74, 6) is -1.37. The molecule has 2 aromatic carbocycles. The number of hydrogen-bond donors (Lipinski definition) is 1. The molecule has 0 spiro atoms. The summed E-state index contributed by atoms with van der Waals surface area (Å²) in [7, 11) is 0. The summed E-state index contributed by atoms with van der Waals surface area (Å²) in [6, 6.07) is 12.4. The predicted octanol–water partition coefficient (Wildman–Crippen LogP) is 3.02. The minimum atomic E-state index is -0.614. The monoisotopic (exact) mass is 408 g/mol. The van der Waals surface area contributed by atoms with Crippen LogP contribution >= 0.6 is 0 Å². The molecule has 30 heavy (non-hydrogen) atoms. The van der Waals surface area contributed by atoms with Crippen molar-refractivity contribution >= 4 is 28.1 Å². The lowest BCUT2D eigenvalue weighted by molar-refractivity contribution is 0.0747. The summed E-state index contributed by atoms with van der Waals surface area (Å²) in [6.45, 7) is 1.72. The Morgan fingerprint density at radius 3 is 2.50 bits per heavy atom. The summed E-state index contributed by atoms with van der Waals surface area (Å²) < 4.78 is 29.0. The summed E-state index contributed by atoms with van der Waals surface area (Å²) in [6.07, 6.45) is 1.72. The smallest absolute Gasteiger partial charge is 0.258 e. The molecule has 6 nitrogen and oxygen atoms in total. The first-order chi connectivity index (χ1) is 14.5. The van der Waals surface area contributed by atoms with Crippen molar-refractivity contribution in [2.24, 2.45) is 0 Å². The first kappa shape index (κ1) is 18.4. The molecule has 5 rings (SSSR count). The van der Waals surface area contributed by atoms with E-state index in [1.165, 1.54) is 12.1 Å². The van der Waals surface area contributed by atoms with Crippen LogP contribution in [-0.2, 0) is 0 Å². The molecule has 0 radical (unpaired) electrons. The predicted molar refractivity (Wildman–Crippen MR) is 110 cm³/mol. The van der Waals surface area contributed by atoms with Gasteiger partial charge in [0.25, 0.3) is 11.5 Å². The molecular formula is C22H18F2N4O2. The molecule has 0 atom stereocenters. The molecule has 0 saturated carbocycles. The number of aromatic amines is 1. The van der Waals surface area contributed by atoms with Crippen LogP contribution in [0.25, 0.3) is 16.6 Å². The third-order valence-electron chi connectivity index (χ3n) is 5.53. The lowest BCUT2D eigenvalue weighted by Crippen LogP contribution is -2.49. The van der Waals surface area contributed by atoms with Gasteiger partial charge in [0.15, 0.2) is 0 Å². The van der Waals surface area contributed by atoms with E-state index < -0.39 is 11.6 Å². The Balaban J connectivity index is 1.39. The van der Waals surface area contributed by atoms with E-state index in [0.29, 0.717) is 48.5 Å². The van der Waals surface area contributed by atoms with Gasteiger partial charge in [-0.15, -0.1) is 0 Å². The summed E-state index contributed by atoms with van der Waals surface area (Å²) >= 11 is 0. The van der Waals surface area contributed by atoms with Gasteiger partial charge in [0.2, 0.25) is 0 Å². The fourth-order valence-corrected chi connectivity index (χ4v) is 4.01. The van der Waals surface area contributed by atoms with Crippen LogP contribution in [-0.4, -0.2) is 46.4 Å². The van der Waals surface area contributed by atoms with E-state index in [1.54, 1.807) is 38.6 Å². The number of hydrogen-bond acceptors (Lipinski definition) is 3. The molecule has 0 unspecified atom stereocenters. The van der Waals surface area contributed by atoms with E-state index in [1.807, 2.05) is 12.1 Å². The van der Waals surface area contributed by atoms with E-state index >= 15 is 0 Å². The summed E-state index contributed by atoms with van der Waals surface area (Å²) in [5, 5.41) is 0.550. The van der Waals surface area contributed by atoms with Gasteiger partial charge >= 0.3 is 0 Å². The molecule has 1 amide bonds. The number of rotatable bonds is 2. The number of anilines is 1. The second-order valence-corrected chi connectivity index (χ2v) is 7.33. The highest BCUT2D eigenvalue weighted by atomic mass is 19.1. The van der Waals surface area contributed by atoms with E-state index in [4.69, 9.17) is 0 Å². The number of carbonyl (C=O) groups is 1. The van der Waals surface area contributed by atoms with Gasteiger partial charge in [0, 0.05) is 38.4 Å². The molecule has 0 aliphatic carbocycles. The van der Waals surface area contributed by atoms with Crippen molar-refractivity contribution in [3.05, 3.63) is 82.3 Å². The molecule has 1 N–H and O–H groups in total. The van der Waals surface area contributed by atoms with Gasteiger partial charge in [-0.05, 0) is 30.3 Å². The van der Waals surface area contributed by atoms with Gasteiger partial charge < -0.3 is 19.2 Å². The Morgan fingerprint density at radius 1 is 0.967 bits per heavy atom. The van der Waals surface area contributed by atoms with Crippen molar-refractivity contribution in [1.29, 1.82) is 0 Å². The van der Waals surface area contributed by atoms with Gasteiger partial charge in [-0.1, -0.05) is 12.1 Å². The number of halogens is 2. The van der Waals surface area contributed by atoms with Gasteiger partial charge in [0.1, 0.15) is 17.3 Å². The van der Waals surface area contributed by atoms with Crippen LogP contribution in [0.4, 0.5) is 14.5 Å². The zero-order chi connectivity index (χ0) is 20.8. The number of carbonyl (C=O) groups excluding carboxylic acids is 1. The third-order valence-corrected chi connectivity index (χ3v) is 5.53. The molecule has 4 aromatic rings. The molecule has 1 saturated heterocycles. The highest BCUT2D eigenvalue weighted by molar-refractivity contribution is 5.96. The van der Waals surface area contributed by atoms with Crippen LogP contribution in [0.2, 0.25) is 0 Å². The molecule has 8 heteroatoms. The maximum absolute atomic E-state index is 14.0. The van der Waals surface area contributed by atoms with E-state index in [2.05, 4.69) is 4.98 Å². The first-order valence-electron chi connectivity index (χ1n) is 9.64. The molecule has 1 aliphatic heterocycles. The number of nitrogens with zero attached hydrogens (tertiary/aromatic N) is 3. The maximum atomic E-state index is 14.0. The molecule has 152 valence electrons. The zero-order valence-corrected chi connectivity index (χ0v) is 15.9. The lowest BCUT2D eigenvalue weighted by atomic mass is 10.2. The van der Waals surface area contributed by atoms with Gasteiger partial charge in [-0.25, -0.2) is 8.78 Å². The Kier molecular flexibility index (Phi) is 4.27. The van der Waals surface area contributed by atoms with E-state index in [9.17, 15) is 18.4 Å². The van der Waals surface area contributed by atoms with Gasteiger partial charge in [0.05, 0.1) is 22.2 Å². The molecule has 1 fully saturated rings. The lowest BCUT2D eigenvalue weighted by Gasteiger charge is -2.36. The van der Waals surface area contributed by atoms with Crippen molar-refractivity contribution in [3.63, 3.8) is 0 Å². The quantitative estimate of drug-likeness (QED) is 0.555. The van der Waals surface area contributed by atoms with Crippen LogP contribution < -0.4 is 10.5 Å². The van der Waals surface area contributed by atoms with E-state index in [-0.39, 0.29) is 11.5 Å². The standard InChI is InChI=1S/C22H18F2N4O2/c23-15-5-6-19(17(24)12-15)26-7-9-27(10-8-26)22(30)14-11-20-25-21(29)16-3-1-2-4-18(16)28(20)13-14/h1-6,11-13H,7-10H2,(H,25,29). The molecular weight excluding hydrogens is 390 g/mol. The van der Waals surface area contributed by atoms with Crippen LogP contribution in [0.3, 0.4) is 0 Å². The Labute approximate surface area is 170 Å². The maximum Gasteiger partial charge on any atom is 0.258 e. The first-order valence-corrected chi connectivity index (χ1v) is 9.64. The molecule has 3 heterocycles. The van der Waals surface area contributed by atoms with Crippen molar-refractivity contribution < 1.29 is 13.6 Å². The Morgan fingerprint density at radius 2 is 1.73 bits per heavy atom. The topological polar surface area (TPSA) is 60.8 Å². The third kappa shape index (κ3) is 3.01. The van der Waals surface area contributed by atoms with Crippen LogP contribution in [0.15, 0.2) is 59.5 Å². The highest BCUT2D eigenvalue weighted by Crippen LogP contribution is 2.23. The van der Waals surface area contributed by atoms with Crippen molar-refractivity contribution in [2.75, 3.05) is 31.1 Å². The summed E-state index contributed by atoms with van der Waals surface area (Å²) in [5.41, 5.74) is 1.89. The second kappa shape index (κ2) is 6.98. The normalized spacial score (nSPS) is 14.6. The average Bonchev–Trinajstić information content (AvgIpc) is 3.18. The fourth-order valence-electron chi connectivity index (χ4n) is 4.01. The van der Waals surface area contributed by atoms with Crippen LogP contribution in [0, 0.1) is 11.6 Å². The summed E-state index contributed by atoms with van der Waals surface area (Å²) in [4.78, 5) is 31.6. The minimum absolute atomic E-state index is 0.150. The number of aromatic nitrogens is 2. The zero-order valence-electron chi connectivity index (χ0n) is 15.9. The number of amides is 1. The van der Waals surface area contributed by atoms with Crippen molar-refractivity contribution in [1.82, 2.24) is 14.3 Å². The number of H-pyrrole nitrogens is 1. The van der Waals surface area contributed by atoms with Crippen molar-refractivity contribution in [3.8, 4) is 0 Å². The minimum Gasteiger partial charge on any atom is -0.366 e. The Bertz CT molecular complexity index is 1340. The molecule has 1 aliphatic rings. The van der Waals surface area contributed by atoms with Crippen LogP contribution in [0.5, 0.6) is 0 Å². The largest absolute Gasteiger partial charge is 0.366 e. The van der Waals surface area contributed by atoms with Gasteiger partial charge in [-0.2, -0.15) is 0 Å². The number of nitrogens with one attached hydrogen (secondary N) is 1. The number of para-hydroxylation sites is 1. The average molecular weight is 408 g/mol. The molecule has 0 bridgehead atoms. The fraction of sp³-hybridized carbons (Fsp3) is 0.182. The highest BCUT2D eigenvalue weighted by Gasteiger charge is 2.25. The van der Waals surface area contributed by atoms with E-state index in [0.717, 1.165) is 11.6 Å². The number of piperazine rings is 1. The van der Waals surface area contributed by atoms with Crippen molar-refractivity contribution in [2.45, 2.75) is 0 Å².